The van der Waals surface area contributed by atoms with Crippen LogP contribution in [0.25, 0.3) is 11.1 Å². The van der Waals surface area contributed by atoms with Crippen molar-refractivity contribution in [3.63, 3.8) is 0 Å². The maximum atomic E-state index is 14.3. The number of halogens is 2. The Morgan fingerprint density at radius 3 is 2.71 bits per heavy atom. The fourth-order valence-corrected chi connectivity index (χ4v) is 5.39. The van der Waals surface area contributed by atoms with E-state index in [-0.39, 0.29) is 32.0 Å². The van der Waals surface area contributed by atoms with Gasteiger partial charge in [0.1, 0.15) is 16.0 Å². The molecule has 0 radical (unpaired) electrons. The maximum absolute atomic E-state index is 14.3. The summed E-state index contributed by atoms with van der Waals surface area (Å²) >= 11 is 6.60. The number of aromatic nitrogens is 2. The van der Waals surface area contributed by atoms with Crippen LogP contribution in [0, 0.1) is 5.95 Å². The number of hydrogen-bond acceptors (Lipinski definition) is 7. The predicted molar refractivity (Wildman–Crippen MR) is 101 cm³/mol. The van der Waals surface area contributed by atoms with Crippen LogP contribution in [0.4, 0.5) is 9.18 Å². The number of thiophene rings is 1. The quantitative estimate of drug-likeness (QED) is 0.606. The second kappa shape index (κ2) is 8.21. The van der Waals surface area contributed by atoms with Crippen molar-refractivity contribution in [2.24, 2.45) is 0 Å². The average molecular weight is 442 g/mol. The number of sulfone groups is 1. The third kappa shape index (κ3) is 4.13. The van der Waals surface area contributed by atoms with Gasteiger partial charge >= 0.3 is 6.09 Å². The largest absolute Gasteiger partial charge is 0.444 e. The zero-order valence-corrected chi connectivity index (χ0v) is 16.7. The Kier molecular flexibility index (Phi) is 5.92. The molecule has 0 bridgehead atoms. The molecular formula is C17H13ClFN3O4S2. The molecule has 0 saturated carbocycles. The van der Waals surface area contributed by atoms with Crippen molar-refractivity contribution in [3.8, 4) is 11.1 Å². The second-order valence-corrected chi connectivity index (χ2v) is 9.07. The number of nitrogens with one attached hydrogen (secondary N) is 1. The van der Waals surface area contributed by atoms with Gasteiger partial charge in [-0.1, -0.05) is 11.6 Å². The van der Waals surface area contributed by atoms with Crippen LogP contribution in [-0.2, 0) is 21.2 Å². The number of carbonyl (C=O) groups is 1. The van der Waals surface area contributed by atoms with E-state index in [1.807, 2.05) is 0 Å². The molecule has 11 heteroatoms. The van der Waals surface area contributed by atoms with E-state index in [4.69, 9.17) is 16.3 Å². The molecule has 146 valence electrons. The first-order valence-electron chi connectivity index (χ1n) is 7.77. The molecule has 0 saturated heterocycles. The molecule has 7 nitrogen and oxygen atoms in total. The van der Waals surface area contributed by atoms with E-state index in [1.165, 1.54) is 43.6 Å². The van der Waals surface area contributed by atoms with Crippen LogP contribution in [-0.4, -0.2) is 31.5 Å². The molecule has 3 aromatic rings. The van der Waals surface area contributed by atoms with Gasteiger partial charge in [-0.3, -0.25) is 0 Å². The Morgan fingerprint density at radius 1 is 1.29 bits per heavy atom. The highest BCUT2D eigenvalue weighted by atomic mass is 35.5. The van der Waals surface area contributed by atoms with E-state index in [9.17, 15) is 17.6 Å². The maximum Gasteiger partial charge on any atom is 0.407 e. The van der Waals surface area contributed by atoms with E-state index in [2.05, 4.69) is 15.3 Å². The van der Waals surface area contributed by atoms with Crippen LogP contribution < -0.4 is 5.32 Å². The molecule has 0 fully saturated rings. The van der Waals surface area contributed by atoms with Gasteiger partial charge in [-0.25, -0.2) is 23.2 Å². The number of ether oxygens (including phenoxy) is 1. The van der Waals surface area contributed by atoms with Crippen molar-refractivity contribution in [1.29, 1.82) is 0 Å². The minimum absolute atomic E-state index is 0.0189. The Labute approximate surface area is 169 Å². The summed E-state index contributed by atoms with van der Waals surface area (Å²) < 4.78 is 45.4. The van der Waals surface area contributed by atoms with Crippen molar-refractivity contribution < 1.29 is 22.3 Å². The van der Waals surface area contributed by atoms with Crippen LogP contribution in [0.15, 0.2) is 51.8 Å². The Bertz CT molecular complexity index is 1120. The van der Waals surface area contributed by atoms with Crippen LogP contribution in [0.3, 0.4) is 0 Å². The fraction of sp³-hybridized carbons (Fsp3) is 0.118. The van der Waals surface area contributed by atoms with Gasteiger partial charge in [0.05, 0.1) is 4.90 Å². The molecule has 0 aromatic carbocycles. The molecule has 3 heterocycles. The van der Waals surface area contributed by atoms with Gasteiger partial charge in [-0.2, -0.15) is 4.39 Å². The Balaban J connectivity index is 2.12. The normalized spacial score (nSPS) is 11.2. The zero-order valence-electron chi connectivity index (χ0n) is 14.3. The monoisotopic (exact) mass is 441 g/mol. The molecular weight excluding hydrogens is 429 g/mol. The first-order valence-corrected chi connectivity index (χ1v) is 10.5. The van der Waals surface area contributed by atoms with Gasteiger partial charge in [-0.15, -0.1) is 11.3 Å². The number of amides is 1. The first kappa shape index (κ1) is 20.2. The molecule has 0 aliphatic rings. The van der Waals surface area contributed by atoms with E-state index in [0.29, 0.717) is 4.88 Å². The molecule has 0 atom stereocenters. The van der Waals surface area contributed by atoms with Crippen molar-refractivity contribution >= 4 is 38.9 Å². The summed E-state index contributed by atoms with van der Waals surface area (Å²) in [6, 6.07) is 7.05. The predicted octanol–water partition coefficient (Wildman–Crippen LogP) is 3.69. The smallest absolute Gasteiger partial charge is 0.407 e. The first-order chi connectivity index (χ1) is 13.3. The number of nitrogens with zero attached hydrogens (tertiary/aromatic N) is 2. The van der Waals surface area contributed by atoms with Crippen molar-refractivity contribution in [3.05, 3.63) is 58.7 Å². The molecule has 28 heavy (non-hydrogen) atoms. The molecule has 0 aliphatic heterocycles. The van der Waals surface area contributed by atoms with Crippen molar-refractivity contribution in [1.82, 2.24) is 15.3 Å². The third-order valence-electron chi connectivity index (χ3n) is 3.60. The lowest BCUT2D eigenvalue weighted by Crippen LogP contribution is -2.18. The van der Waals surface area contributed by atoms with E-state index < -0.39 is 21.9 Å². The lowest BCUT2D eigenvalue weighted by molar-refractivity contribution is 0.143. The highest BCUT2D eigenvalue weighted by molar-refractivity contribution is 7.93. The summed E-state index contributed by atoms with van der Waals surface area (Å²) in [4.78, 5) is 19.0. The van der Waals surface area contributed by atoms with Gasteiger partial charge in [0, 0.05) is 35.4 Å². The summed E-state index contributed by atoms with van der Waals surface area (Å²) in [5.41, 5.74) is 0.145. The van der Waals surface area contributed by atoms with Gasteiger partial charge in [0.2, 0.25) is 15.8 Å². The van der Waals surface area contributed by atoms with Crippen LogP contribution in [0.5, 0.6) is 0 Å². The van der Waals surface area contributed by atoms with Crippen LogP contribution >= 0.6 is 22.9 Å². The number of alkyl carbamates (subject to hydrolysis) is 1. The Morgan fingerprint density at radius 2 is 2.07 bits per heavy atom. The van der Waals surface area contributed by atoms with Crippen LogP contribution in [0.1, 0.15) is 4.88 Å². The van der Waals surface area contributed by atoms with Crippen molar-refractivity contribution in [2.75, 3.05) is 7.05 Å². The van der Waals surface area contributed by atoms with Crippen LogP contribution in [0.2, 0.25) is 5.15 Å². The molecule has 3 aromatic heterocycles. The van der Waals surface area contributed by atoms with Gasteiger partial charge in [0.25, 0.3) is 0 Å². The zero-order chi connectivity index (χ0) is 20.3. The molecule has 1 N–H and O–H groups in total. The Hall–Kier alpha value is -2.56. The highest BCUT2D eigenvalue weighted by Crippen LogP contribution is 2.39. The summed E-state index contributed by atoms with van der Waals surface area (Å²) in [5, 5.41) is 2.44. The van der Waals surface area contributed by atoms with Crippen molar-refractivity contribution in [2.45, 2.75) is 15.7 Å². The molecule has 0 unspecified atom stereocenters. The topological polar surface area (TPSA) is 98.2 Å². The third-order valence-corrected chi connectivity index (χ3v) is 7.21. The standard InChI is InChI=1S/C17H13ClFN3O4S2/c1-20-17(23)26-9-10-7-13(12-3-2-6-21-15(12)19)16(27-10)28(24,25)11-4-5-14(18)22-8-11/h2-8H,9H2,1H3,(H,20,23). The summed E-state index contributed by atoms with van der Waals surface area (Å²) in [5.74, 6) is -0.815. The summed E-state index contributed by atoms with van der Waals surface area (Å²) in [6.07, 6.45) is 1.72. The van der Waals surface area contributed by atoms with Gasteiger partial charge in [0.15, 0.2) is 0 Å². The number of carbonyl (C=O) groups excluding carboxylic acids is 1. The molecule has 1 amide bonds. The minimum Gasteiger partial charge on any atom is -0.444 e. The second-order valence-electron chi connectivity index (χ2n) is 5.40. The van der Waals surface area contributed by atoms with E-state index >= 15 is 0 Å². The molecule has 0 aliphatic carbocycles. The lowest BCUT2D eigenvalue weighted by Gasteiger charge is -2.06. The highest BCUT2D eigenvalue weighted by Gasteiger charge is 2.27. The number of hydrogen-bond donors (Lipinski definition) is 1. The molecule has 0 spiro atoms. The van der Waals surface area contributed by atoms with Gasteiger partial charge in [-0.05, 0) is 30.3 Å². The minimum atomic E-state index is -4.03. The SMILES string of the molecule is CNC(=O)OCc1cc(-c2cccnc2F)c(S(=O)(=O)c2ccc(Cl)nc2)s1. The number of rotatable bonds is 5. The van der Waals surface area contributed by atoms with E-state index in [1.54, 1.807) is 0 Å². The lowest BCUT2D eigenvalue weighted by atomic mass is 10.1. The average Bonchev–Trinajstić information content (AvgIpc) is 3.11. The van der Waals surface area contributed by atoms with E-state index in [0.717, 1.165) is 17.5 Å². The van der Waals surface area contributed by atoms with Gasteiger partial charge < -0.3 is 10.1 Å². The molecule has 3 rings (SSSR count). The fourth-order valence-electron chi connectivity index (χ4n) is 2.31. The summed E-state index contributed by atoms with van der Waals surface area (Å²) in [6.45, 7) is -0.173. The number of pyridine rings is 2. The summed E-state index contributed by atoms with van der Waals surface area (Å²) in [7, 11) is -2.63.